The van der Waals surface area contributed by atoms with Crippen molar-refractivity contribution in [2.75, 3.05) is 14.2 Å². The molecule has 2 aromatic rings. The van der Waals surface area contributed by atoms with Gasteiger partial charge in [-0.1, -0.05) is 24.3 Å². The highest BCUT2D eigenvalue weighted by atomic mass is 32.2. The van der Waals surface area contributed by atoms with Gasteiger partial charge < -0.3 is 38.9 Å². The second kappa shape index (κ2) is 17.6. The second-order valence-electron chi connectivity index (χ2n) is 12.1. The molecule has 49 heavy (non-hydrogen) atoms. The molecule has 2 atom stereocenters. The number of carbonyl (C=O) groups is 4. The van der Waals surface area contributed by atoms with Gasteiger partial charge in [-0.25, -0.2) is 19.2 Å². The van der Waals surface area contributed by atoms with E-state index in [1.807, 2.05) is 0 Å². The fourth-order valence-corrected chi connectivity index (χ4v) is 3.99. The lowest BCUT2D eigenvalue weighted by atomic mass is 10.1. The Labute approximate surface area is 282 Å². The molecule has 2 amide bonds. The number of alkyl carbamates (subject to hydrolysis) is 2. The third-order valence-corrected chi connectivity index (χ3v) is 6.56. The van der Waals surface area contributed by atoms with Crippen LogP contribution in [0.3, 0.4) is 0 Å². The zero-order valence-corrected chi connectivity index (χ0v) is 29.0. The Kier molecular flexibility index (Phi) is 15.2. The quantitative estimate of drug-likeness (QED) is 0.135. The number of rotatable bonds is 10. The maximum absolute atomic E-state index is 12.3. The fourth-order valence-electron chi connectivity index (χ4n) is 3.53. The molecule has 0 heterocycles. The summed E-state index contributed by atoms with van der Waals surface area (Å²) in [4.78, 5) is 47.2. The van der Waals surface area contributed by atoms with E-state index in [-0.39, 0.29) is 18.6 Å². The number of alkyl halides is 3. The van der Waals surface area contributed by atoms with Gasteiger partial charge in [-0.2, -0.15) is 21.6 Å². The van der Waals surface area contributed by atoms with Gasteiger partial charge >= 0.3 is 39.8 Å². The van der Waals surface area contributed by atoms with Crippen LogP contribution < -0.4 is 14.8 Å². The number of ether oxygens (including phenoxy) is 4. The number of methoxy groups -OCH3 is 2. The molecule has 0 unspecified atom stereocenters. The zero-order chi connectivity index (χ0) is 37.8. The fraction of sp³-hybridized carbons (Fsp3) is 0.484. The number of carbonyl (C=O) groups excluding carboxylic acids is 4. The minimum Gasteiger partial charge on any atom is -0.508 e. The molecule has 0 fully saturated rings. The zero-order valence-electron chi connectivity index (χ0n) is 28.2. The Balaban J connectivity index is 0.000000510. The SMILES string of the molecule is COC(=O)[C@H](Cc1ccc(O)cc1)NC(=O)OC(C)(C)C.COC(=O)[C@H](Cc1ccc(OS(=O)(=O)C(F)(F)F)cc1)NC(=O)OC(C)(C)C. The molecular formula is C31H41F3N2O12S. The molecule has 0 aliphatic heterocycles. The molecule has 0 spiro atoms. The highest BCUT2D eigenvalue weighted by molar-refractivity contribution is 7.88. The molecular weight excluding hydrogens is 681 g/mol. The number of hydrogen-bond acceptors (Lipinski definition) is 12. The van der Waals surface area contributed by atoms with E-state index in [0.29, 0.717) is 5.56 Å². The van der Waals surface area contributed by atoms with E-state index in [9.17, 15) is 45.9 Å². The number of phenols is 1. The van der Waals surface area contributed by atoms with Gasteiger partial charge in [-0.3, -0.25) is 0 Å². The van der Waals surface area contributed by atoms with Crippen LogP contribution in [0.2, 0.25) is 0 Å². The summed E-state index contributed by atoms with van der Waals surface area (Å²) in [6, 6.07) is 8.83. The first-order valence-corrected chi connectivity index (χ1v) is 15.8. The summed E-state index contributed by atoms with van der Waals surface area (Å²) in [6.07, 6.45) is -1.39. The first-order chi connectivity index (χ1) is 22.4. The number of nitrogens with one attached hydrogen (secondary N) is 2. The van der Waals surface area contributed by atoms with Crippen LogP contribution in [-0.2, 0) is 51.5 Å². The molecule has 0 aliphatic rings. The van der Waals surface area contributed by atoms with Crippen molar-refractivity contribution in [2.24, 2.45) is 0 Å². The minimum atomic E-state index is -5.79. The third kappa shape index (κ3) is 16.3. The van der Waals surface area contributed by atoms with Crippen LogP contribution in [0.1, 0.15) is 52.7 Å². The average Bonchev–Trinajstić information content (AvgIpc) is 2.95. The van der Waals surface area contributed by atoms with Gasteiger partial charge in [0.15, 0.2) is 0 Å². The summed E-state index contributed by atoms with van der Waals surface area (Å²) in [5, 5.41) is 14.1. The lowest BCUT2D eigenvalue weighted by Gasteiger charge is -2.22. The van der Waals surface area contributed by atoms with Gasteiger partial charge in [0, 0.05) is 12.8 Å². The Morgan fingerprint density at radius 1 is 0.694 bits per heavy atom. The van der Waals surface area contributed by atoms with E-state index in [1.165, 1.54) is 31.4 Å². The smallest absolute Gasteiger partial charge is 0.508 e. The van der Waals surface area contributed by atoms with Crippen LogP contribution in [0.25, 0.3) is 0 Å². The predicted octanol–water partition coefficient (Wildman–Crippen LogP) is 4.52. The van der Waals surface area contributed by atoms with Gasteiger partial charge in [-0.05, 0) is 76.9 Å². The van der Waals surface area contributed by atoms with Gasteiger partial charge in [-0.15, -0.1) is 0 Å². The van der Waals surface area contributed by atoms with Crippen molar-refractivity contribution in [3.8, 4) is 11.5 Å². The van der Waals surface area contributed by atoms with Gasteiger partial charge in [0.2, 0.25) is 0 Å². The van der Waals surface area contributed by atoms with Crippen molar-refractivity contribution in [3.05, 3.63) is 59.7 Å². The highest BCUT2D eigenvalue weighted by Crippen LogP contribution is 2.27. The molecule has 14 nitrogen and oxygen atoms in total. The molecule has 3 N–H and O–H groups in total. The minimum absolute atomic E-state index is 0.0851. The molecule has 0 aliphatic carbocycles. The van der Waals surface area contributed by atoms with Gasteiger partial charge in [0.05, 0.1) is 14.2 Å². The number of halogens is 3. The van der Waals surface area contributed by atoms with Crippen LogP contribution in [0.15, 0.2) is 48.5 Å². The Bertz CT molecular complexity index is 1520. The number of hydrogen-bond donors (Lipinski definition) is 3. The molecule has 274 valence electrons. The first kappa shape index (κ1) is 42.3. The van der Waals surface area contributed by atoms with Gasteiger partial charge in [0.25, 0.3) is 0 Å². The Hall–Kier alpha value is -4.74. The molecule has 0 aromatic heterocycles. The summed E-state index contributed by atoms with van der Waals surface area (Å²) in [5.41, 5.74) is -5.84. The van der Waals surface area contributed by atoms with E-state index in [4.69, 9.17) is 9.47 Å². The van der Waals surface area contributed by atoms with Crippen molar-refractivity contribution >= 4 is 34.2 Å². The highest BCUT2D eigenvalue weighted by Gasteiger charge is 2.48. The second-order valence-corrected chi connectivity index (χ2v) is 13.7. The summed E-state index contributed by atoms with van der Waals surface area (Å²) in [5.74, 6) is -1.76. The maximum Gasteiger partial charge on any atom is 0.534 e. The largest absolute Gasteiger partial charge is 0.534 e. The number of phenolic OH excluding ortho intramolecular Hbond substituents is 1. The molecule has 2 aromatic carbocycles. The van der Waals surface area contributed by atoms with Crippen LogP contribution in [0.4, 0.5) is 22.8 Å². The number of aromatic hydroxyl groups is 1. The van der Waals surface area contributed by atoms with Crippen LogP contribution in [0, 0.1) is 0 Å². The van der Waals surface area contributed by atoms with E-state index in [1.54, 1.807) is 53.7 Å². The van der Waals surface area contributed by atoms with Gasteiger partial charge in [0.1, 0.15) is 34.8 Å². The summed E-state index contributed by atoms with van der Waals surface area (Å²) < 4.78 is 82.4. The maximum atomic E-state index is 12.3. The van der Waals surface area contributed by atoms with E-state index < -0.39 is 68.8 Å². The lowest BCUT2D eigenvalue weighted by molar-refractivity contribution is -0.143. The molecule has 2 rings (SSSR count). The van der Waals surface area contributed by atoms with Crippen LogP contribution in [-0.4, -0.2) is 80.7 Å². The summed E-state index contributed by atoms with van der Waals surface area (Å²) in [7, 11) is -3.42. The molecule has 0 saturated carbocycles. The normalized spacial score (nSPS) is 13.0. The molecule has 18 heteroatoms. The third-order valence-electron chi connectivity index (χ3n) is 5.58. The Morgan fingerprint density at radius 3 is 1.35 bits per heavy atom. The van der Waals surface area contributed by atoms with Crippen molar-refractivity contribution in [2.45, 2.75) is 83.2 Å². The number of esters is 2. The van der Waals surface area contributed by atoms with Crippen molar-refractivity contribution in [1.29, 1.82) is 0 Å². The molecule has 0 bridgehead atoms. The molecule has 0 saturated heterocycles. The average molecular weight is 723 g/mol. The van der Waals surface area contributed by atoms with Crippen LogP contribution in [0.5, 0.6) is 11.5 Å². The first-order valence-electron chi connectivity index (χ1n) is 14.4. The summed E-state index contributed by atoms with van der Waals surface area (Å²) >= 11 is 0. The van der Waals surface area contributed by atoms with Crippen molar-refractivity contribution in [3.63, 3.8) is 0 Å². The monoisotopic (exact) mass is 722 g/mol. The predicted molar refractivity (Wildman–Crippen MR) is 168 cm³/mol. The summed E-state index contributed by atoms with van der Waals surface area (Å²) in [6.45, 7) is 10.1. The van der Waals surface area contributed by atoms with Crippen molar-refractivity contribution < 1.29 is 69.0 Å². The van der Waals surface area contributed by atoms with Crippen LogP contribution >= 0.6 is 0 Å². The number of benzene rings is 2. The molecule has 0 radical (unpaired) electrons. The topological polar surface area (TPSA) is 193 Å². The van der Waals surface area contributed by atoms with Crippen molar-refractivity contribution in [1.82, 2.24) is 10.6 Å². The van der Waals surface area contributed by atoms with E-state index in [0.717, 1.165) is 24.8 Å². The van der Waals surface area contributed by atoms with E-state index in [2.05, 4.69) is 24.3 Å². The Morgan fingerprint density at radius 2 is 1.04 bits per heavy atom. The number of amides is 2. The lowest BCUT2D eigenvalue weighted by Crippen LogP contribution is -2.45. The van der Waals surface area contributed by atoms with E-state index >= 15 is 0 Å². The standard InChI is InChI=1S/C16H20F3NO7S.C15H21NO5/c1-15(2,3)26-14(22)20-12(13(21)25-4)9-10-5-7-11(8-6-10)27-28(23,24)16(17,18)19;1-15(2,3)21-14(19)16-12(13(18)20-4)9-10-5-7-11(17)8-6-10/h5-8,12H,9H2,1-4H3,(H,20,22);5-8,12,17H,9H2,1-4H3,(H,16,19)/t2*12-/m00/s1.